The molecule has 2 bridgehead atoms. The summed E-state index contributed by atoms with van der Waals surface area (Å²) in [4.78, 5) is 18.1. The molecular weight excluding hydrogens is 394 g/mol. The van der Waals surface area contributed by atoms with Crippen LogP contribution in [0, 0.1) is 0 Å². The predicted octanol–water partition coefficient (Wildman–Crippen LogP) is 2.69. The molecule has 3 saturated heterocycles. The third kappa shape index (κ3) is 3.49. The maximum Gasteiger partial charge on any atom is 0.387 e. The van der Waals surface area contributed by atoms with E-state index >= 15 is 0 Å². The van der Waals surface area contributed by atoms with E-state index in [9.17, 15) is 8.78 Å². The zero-order valence-corrected chi connectivity index (χ0v) is 16.7. The van der Waals surface area contributed by atoms with Crippen LogP contribution in [0.3, 0.4) is 0 Å². The van der Waals surface area contributed by atoms with E-state index in [0.29, 0.717) is 35.9 Å². The van der Waals surface area contributed by atoms with Crippen molar-refractivity contribution >= 4 is 17.6 Å². The number of nitrogen functional groups attached to an aromatic ring is 1. The average Bonchev–Trinajstić information content (AvgIpc) is 3.46. The molecule has 3 aliphatic heterocycles. The molecule has 2 aromatic heterocycles. The molecule has 2 N–H and O–H groups in total. The van der Waals surface area contributed by atoms with Crippen molar-refractivity contribution in [2.45, 2.75) is 51.0 Å². The van der Waals surface area contributed by atoms with E-state index in [2.05, 4.69) is 26.4 Å². The number of halogens is 2. The minimum atomic E-state index is -2.98. The number of pyridine rings is 1. The third-order valence-electron chi connectivity index (χ3n) is 6.10. The van der Waals surface area contributed by atoms with Gasteiger partial charge in [-0.15, -0.1) is 0 Å². The number of rotatable bonds is 5. The van der Waals surface area contributed by atoms with Crippen LogP contribution in [0.4, 0.5) is 26.4 Å². The number of anilines is 3. The summed E-state index contributed by atoms with van der Waals surface area (Å²) in [6, 6.07) is 3.97. The third-order valence-corrected chi connectivity index (χ3v) is 6.10. The van der Waals surface area contributed by atoms with Gasteiger partial charge in [0, 0.05) is 37.0 Å². The van der Waals surface area contributed by atoms with E-state index in [0.717, 1.165) is 38.2 Å². The van der Waals surface area contributed by atoms with E-state index in [4.69, 9.17) is 20.4 Å². The summed E-state index contributed by atoms with van der Waals surface area (Å²) < 4.78 is 35.7. The summed E-state index contributed by atoms with van der Waals surface area (Å²) in [5.74, 6) is 1.21. The average molecular weight is 418 g/mol. The Balaban J connectivity index is 1.56. The van der Waals surface area contributed by atoms with Gasteiger partial charge in [0.25, 0.3) is 0 Å². The zero-order chi connectivity index (χ0) is 20.8. The fourth-order valence-corrected chi connectivity index (χ4v) is 4.54. The highest BCUT2D eigenvalue weighted by Gasteiger charge is 2.40. The number of aromatic nitrogens is 3. The highest BCUT2D eigenvalue weighted by molar-refractivity contribution is 5.68. The lowest BCUT2D eigenvalue weighted by molar-refractivity contribution is -0.0494. The number of nitrogens with zero attached hydrogens (tertiary/aromatic N) is 5. The van der Waals surface area contributed by atoms with Gasteiger partial charge in [0.05, 0.1) is 24.4 Å². The van der Waals surface area contributed by atoms with Gasteiger partial charge in [-0.3, -0.25) is 0 Å². The molecular formula is C20H24F2N6O2. The number of nitrogens with two attached hydrogens (primary N) is 1. The maximum atomic E-state index is 12.7. The molecule has 3 atom stereocenters. The molecule has 30 heavy (non-hydrogen) atoms. The van der Waals surface area contributed by atoms with Crippen molar-refractivity contribution in [1.82, 2.24) is 15.0 Å². The largest absolute Gasteiger partial charge is 0.431 e. The maximum absolute atomic E-state index is 12.7. The van der Waals surface area contributed by atoms with Crippen LogP contribution in [-0.4, -0.2) is 59.4 Å². The van der Waals surface area contributed by atoms with Crippen molar-refractivity contribution in [3.8, 4) is 17.0 Å². The van der Waals surface area contributed by atoms with Crippen LogP contribution in [0.2, 0.25) is 0 Å². The number of alkyl halides is 2. The number of fused-ring (bicyclic) bond motifs is 2. The van der Waals surface area contributed by atoms with Crippen LogP contribution in [0.25, 0.3) is 11.3 Å². The quantitative estimate of drug-likeness (QED) is 0.793. The van der Waals surface area contributed by atoms with Gasteiger partial charge >= 0.3 is 6.61 Å². The molecule has 5 heterocycles. The van der Waals surface area contributed by atoms with E-state index in [1.165, 1.54) is 12.3 Å². The van der Waals surface area contributed by atoms with Gasteiger partial charge in [-0.05, 0) is 32.3 Å². The Morgan fingerprint density at radius 3 is 2.80 bits per heavy atom. The van der Waals surface area contributed by atoms with E-state index < -0.39 is 6.61 Å². The van der Waals surface area contributed by atoms with Crippen LogP contribution < -0.4 is 20.3 Å². The summed E-state index contributed by atoms with van der Waals surface area (Å²) >= 11 is 0. The molecule has 5 rings (SSSR count). The first kappa shape index (κ1) is 19.2. The molecule has 0 radical (unpaired) electrons. The molecule has 0 saturated carbocycles. The van der Waals surface area contributed by atoms with Gasteiger partial charge in [-0.1, -0.05) is 0 Å². The zero-order valence-electron chi connectivity index (χ0n) is 16.7. The van der Waals surface area contributed by atoms with Crippen LogP contribution in [0.5, 0.6) is 5.75 Å². The van der Waals surface area contributed by atoms with Crippen molar-refractivity contribution in [3.05, 3.63) is 18.3 Å². The number of hydrogen-bond donors (Lipinski definition) is 1. The van der Waals surface area contributed by atoms with Gasteiger partial charge < -0.3 is 25.0 Å². The van der Waals surface area contributed by atoms with Crippen molar-refractivity contribution < 1.29 is 18.3 Å². The lowest BCUT2D eigenvalue weighted by Gasteiger charge is -2.30. The molecule has 3 aliphatic rings. The smallest absolute Gasteiger partial charge is 0.387 e. The summed E-state index contributed by atoms with van der Waals surface area (Å²) in [6.45, 7) is 1.55. The Labute approximate surface area is 173 Å². The summed E-state index contributed by atoms with van der Waals surface area (Å²) in [6.07, 6.45) is 4.91. The lowest BCUT2D eigenvalue weighted by atomic mass is 10.2. The normalized spacial score (nSPS) is 25.5. The van der Waals surface area contributed by atoms with Crippen molar-refractivity contribution in [3.63, 3.8) is 0 Å². The lowest BCUT2D eigenvalue weighted by Crippen LogP contribution is -2.38. The molecule has 0 aliphatic carbocycles. The van der Waals surface area contributed by atoms with E-state index in [-0.39, 0.29) is 17.7 Å². The Kier molecular flexibility index (Phi) is 4.80. The first-order valence-corrected chi connectivity index (χ1v) is 10.2. The highest BCUT2D eigenvalue weighted by Crippen LogP contribution is 2.36. The number of morpholine rings is 1. The second-order valence-corrected chi connectivity index (χ2v) is 8.08. The molecule has 10 heteroatoms. The summed E-state index contributed by atoms with van der Waals surface area (Å²) in [5, 5.41) is 0. The number of hydrogen-bond acceptors (Lipinski definition) is 8. The standard InChI is InChI=1S/C20H24F2N6O2/c1-11-3-2-4-27(11)20-25-15(12-5-16(30-19(21)22)18(23)24-8-12)7-17(26-20)28-9-14-6-13(28)10-29-14/h5,7-8,11,13-14,19H,2-4,6,9-10H2,1H3,(H2,23,24)/t11-,13-,14-/m0/s1. The molecule has 0 amide bonds. The SMILES string of the molecule is C[C@H]1CCCN1c1nc(-c2cnc(N)c(OC(F)F)c2)cc(N2C[C@@H]3C[C@H]2CO3)n1. The molecule has 160 valence electrons. The predicted molar refractivity (Wildman–Crippen MR) is 108 cm³/mol. The van der Waals surface area contributed by atoms with E-state index in [1.54, 1.807) is 0 Å². The molecule has 0 spiro atoms. The van der Waals surface area contributed by atoms with Crippen molar-refractivity contribution in [1.29, 1.82) is 0 Å². The molecule has 2 aromatic rings. The van der Waals surface area contributed by atoms with Crippen LogP contribution >= 0.6 is 0 Å². The minimum absolute atomic E-state index is 0.0873. The molecule has 0 aromatic carbocycles. The second kappa shape index (κ2) is 7.50. The molecule has 3 fully saturated rings. The van der Waals surface area contributed by atoms with Gasteiger partial charge in [-0.2, -0.15) is 13.8 Å². The van der Waals surface area contributed by atoms with Gasteiger partial charge in [-0.25, -0.2) is 9.97 Å². The fraction of sp³-hybridized carbons (Fsp3) is 0.550. The Bertz CT molecular complexity index is 946. The first-order chi connectivity index (χ1) is 14.5. The van der Waals surface area contributed by atoms with Crippen LogP contribution in [-0.2, 0) is 4.74 Å². The minimum Gasteiger partial charge on any atom is -0.431 e. The van der Waals surface area contributed by atoms with Crippen LogP contribution in [0.15, 0.2) is 18.3 Å². The van der Waals surface area contributed by atoms with Gasteiger partial charge in [0.15, 0.2) is 11.6 Å². The van der Waals surface area contributed by atoms with Gasteiger partial charge in [0.1, 0.15) is 5.82 Å². The van der Waals surface area contributed by atoms with Crippen molar-refractivity contribution in [2.75, 3.05) is 35.2 Å². The van der Waals surface area contributed by atoms with Crippen LogP contribution in [0.1, 0.15) is 26.2 Å². The molecule has 8 nitrogen and oxygen atoms in total. The molecule has 0 unspecified atom stereocenters. The fourth-order valence-electron chi connectivity index (χ4n) is 4.54. The Morgan fingerprint density at radius 1 is 1.27 bits per heavy atom. The second-order valence-electron chi connectivity index (χ2n) is 8.08. The Morgan fingerprint density at radius 2 is 2.13 bits per heavy atom. The highest BCUT2D eigenvalue weighted by atomic mass is 19.3. The number of ether oxygens (including phenoxy) is 2. The van der Waals surface area contributed by atoms with E-state index in [1.807, 2.05) is 6.07 Å². The topological polar surface area (TPSA) is 89.6 Å². The summed E-state index contributed by atoms with van der Waals surface area (Å²) in [5.41, 5.74) is 6.86. The Hall–Kier alpha value is -2.75. The van der Waals surface area contributed by atoms with Crippen molar-refractivity contribution in [2.24, 2.45) is 0 Å². The monoisotopic (exact) mass is 418 g/mol. The first-order valence-electron chi connectivity index (χ1n) is 10.2. The summed E-state index contributed by atoms with van der Waals surface area (Å²) in [7, 11) is 0. The van der Waals surface area contributed by atoms with Gasteiger partial charge in [0.2, 0.25) is 5.95 Å².